The lowest BCUT2D eigenvalue weighted by Crippen LogP contribution is -2.29. The van der Waals surface area contributed by atoms with Gasteiger partial charge in [0.15, 0.2) is 4.96 Å². The number of nitrogens with one attached hydrogen (secondary N) is 1. The van der Waals surface area contributed by atoms with Gasteiger partial charge in [0.1, 0.15) is 5.69 Å². The Morgan fingerprint density at radius 3 is 2.39 bits per heavy atom. The minimum absolute atomic E-state index is 0.0465. The maximum atomic E-state index is 12.8. The van der Waals surface area contributed by atoms with Crippen molar-refractivity contribution in [2.24, 2.45) is 5.92 Å². The van der Waals surface area contributed by atoms with E-state index < -0.39 is 0 Å². The van der Waals surface area contributed by atoms with Crippen LogP contribution in [0.1, 0.15) is 55.8 Å². The van der Waals surface area contributed by atoms with Crippen LogP contribution in [0.15, 0.2) is 4.79 Å². The number of thiazole rings is 1. The van der Waals surface area contributed by atoms with Gasteiger partial charge in [0, 0.05) is 16.5 Å². The number of fused-ring (bicyclic) bond motifs is 1. The third-order valence-electron chi connectivity index (χ3n) is 4.22. The van der Waals surface area contributed by atoms with Crippen LogP contribution in [0, 0.1) is 26.7 Å². The van der Waals surface area contributed by atoms with Crippen molar-refractivity contribution in [1.82, 2.24) is 9.38 Å². The van der Waals surface area contributed by atoms with Crippen molar-refractivity contribution < 1.29 is 4.79 Å². The number of hydrogen-bond donors (Lipinski definition) is 1. The predicted octanol–water partition coefficient (Wildman–Crippen LogP) is 3.84. The molecule has 5 nitrogen and oxygen atoms in total. The summed E-state index contributed by atoms with van der Waals surface area (Å²) in [5.74, 6) is -0.116. The van der Waals surface area contributed by atoms with Crippen LogP contribution in [0.3, 0.4) is 0 Å². The van der Waals surface area contributed by atoms with Crippen molar-refractivity contribution in [3.05, 3.63) is 26.6 Å². The van der Waals surface area contributed by atoms with Crippen LogP contribution in [-0.2, 0) is 4.79 Å². The van der Waals surface area contributed by atoms with E-state index in [1.807, 2.05) is 13.8 Å². The highest BCUT2D eigenvalue weighted by Crippen LogP contribution is 2.22. The molecule has 126 valence electrons. The molecule has 0 unspecified atom stereocenters. The van der Waals surface area contributed by atoms with Crippen LogP contribution in [0.2, 0.25) is 0 Å². The number of aromatic nitrogens is 2. The molecular formula is C17H25N3O2S. The van der Waals surface area contributed by atoms with E-state index >= 15 is 0 Å². The summed E-state index contributed by atoms with van der Waals surface area (Å²) in [6.07, 6.45) is 3.59. The summed E-state index contributed by atoms with van der Waals surface area (Å²) in [6, 6.07) is 0. The second-order valence-electron chi connectivity index (χ2n) is 6.00. The third kappa shape index (κ3) is 3.47. The Labute approximate surface area is 140 Å². The number of aryl methyl sites for hydroxylation is 3. The number of amides is 1. The number of carbonyl (C=O) groups excluding carboxylic acids is 1. The monoisotopic (exact) mass is 335 g/mol. The smallest absolute Gasteiger partial charge is 0.282 e. The molecule has 0 radical (unpaired) electrons. The van der Waals surface area contributed by atoms with E-state index in [1.165, 1.54) is 11.3 Å². The fourth-order valence-corrected chi connectivity index (χ4v) is 3.81. The first kappa shape index (κ1) is 17.7. The molecule has 2 rings (SSSR count). The van der Waals surface area contributed by atoms with E-state index in [0.29, 0.717) is 16.3 Å². The first-order chi connectivity index (χ1) is 10.9. The Hall–Kier alpha value is -1.69. The van der Waals surface area contributed by atoms with Gasteiger partial charge >= 0.3 is 0 Å². The molecule has 0 aliphatic rings. The van der Waals surface area contributed by atoms with Gasteiger partial charge < -0.3 is 5.32 Å². The lowest BCUT2D eigenvalue weighted by atomic mass is 9.97. The van der Waals surface area contributed by atoms with Crippen molar-refractivity contribution >= 4 is 27.9 Å². The van der Waals surface area contributed by atoms with Crippen molar-refractivity contribution in [1.29, 1.82) is 0 Å². The van der Waals surface area contributed by atoms with Crippen molar-refractivity contribution in [2.75, 3.05) is 5.32 Å². The van der Waals surface area contributed by atoms with Crippen molar-refractivity contribution in [3.63, 3.8) is 0 Å². The lowest BCUT2D eigenvalue weighted by Gasteiger charge is -2.16. The summed E-state index contributed by atoms with van der Waals surface area (Å²) in [5, 5.41) is 2.85. The lowest BCUT2D eigenvalue weighted by molar-refractivity contribution is -0.120. The van der Waals surface area contributed by atoms with Crippen LogP contribution in [0.4, 0.5) is 5.69 Å². The summed E-state index contributed by atoms with van der Waals surface area (Å²) in [5.41, 5.74) is 1.59. The highest BCUT2D eigenvalue weighted by atomic mass is 32.1. The van der Waals surface area contributed by atoms with E-state index in [0.717, 1.165) is 36.3 Å². The Morgan fingerprint density at radius 1 is 1.22 bits per heavy atom. The second kappa shape index (κ2) is 7.25. The van der Waals surface area contributed by atoms with Crippen LogP contribution in [0.5, 0.6) is 0 Å². The molecule has 0 aromatic carbocycles. The van der Waals surface area contributed by atoms with E-state index in [9.17, 15) is 9.59 Å². The van der Waals surface area contributed by atoms with Gasteiger partial charge in [-0.2, -0.15) is 0 Å². The number of rotatable bonds is 6. The van der Waals surface area contributed by atoms with Gasteiger partial charge in [-0.1, -0.05) is 26.7 Å². The molecule has 2 aromatic rings. The zero-order valence-corrected chi connectivity index (χ0v) is 15.3. The molecular weight excluding hydrogens is 310 g/mol. The Kier molecular flexibility index (Phi) is 5.57. The zero-order valence-electron chi connectivity index (χ0n) is 14.5. The fourth-order valence-electron chi connectivity index (χ4n) is 2.81. The third-order valence-corrected chi connectivity index (χ3v) is 5.27. The van der Waals surface area contributed by atoms with Crippen LogP contribution in [0.25, 0.3) is 4.96 Å². The summed E-state index contributed by atoms with van der Waals surface area (Å²) in [6.45, 7) is 9.79. The molecule has 1 N–H and O–H groups in total. The molecule has 0 saturated carbocycles. The molecule has 0 atom stereocenters. The fraction of sp³-hybridized carbons (Fsp3) is 0.588. The van der Waals surface area contributed by atoms with Gasteiger partial charge in [-0.05, 0) is 33.6 Å². The normalized spacial score (nSPS) is 11.4. The molecule has 6 heteroatoms. The average molecular weight is 335 g/mol. The first-order valence-corrected chi connectivity index (χ1v) is 9.02. The van der Waals surface area contributed by atoms with E-state index in [2.05, 4.69) is 24.1 Å². The van der Waals surface area contributed by atoms with Crippen molar-refractivity contribution in [3.8, 4) is 0 Å². The van der Waals surface area contributed by atoms with Crippen LogP contribution in [-0.4, -0.2) is 15.3 Å². The largest absolute Gasteiger partial charge is 0.320 e. The Balaban J connectivity index is 2.41. The first-order valence-electron chi connectivity index (χ1n) is 8.20. The zero-order chi connectivity index (χ0) is 17.1. The molecule has 2 aromatic heterocycles. The Bertz CT molecular complexity index is 770. The summed E-state index contributed by atoms with van der Waals surface area (Å²) < 4.78 is 1.59. The van der Waals surface area contributed by atoms with Crippen LogP contribution < -0.4 is 10.9 Å². The van der Waals surface area contributed by atoms with Gasteiger partial charge in [-0.25, -0.2) is 4.98 Å². The SMILES string of the molecule is CCCC(CCC)C(=O)Nc1c(C)nc2sc(C)c(C)n2c1=O. The minimum Gasteiger partial charge on any atom is -0.320 e. The predicted molar refractivity (Wildman–Crippen MR) is 95.5 cm³/mol. The summed E-state index contributed by atoms with van der Waals surface area (Å²) in [4.78, 5) is 31.5. The molecule has 0 saturated heterocycles. The quantitative estimate of drug-likeness (QED) is 0.872. The van der Waals surface area contributed by atoms with Gasteiger partial charge in [0.2, 0.25) is 5.91 Å². The standard InChI is InChI=1S/C17H25N3O2S/c1-6-8-13(9-7-2)15(21)19-14-10(3)18-17-20(16(14)22)11(4)12(5)23-17/h13H,6-9H2,1-5H3,(H,19,21). The van der Waals surface area contributed by atoms with Crippen LogP contribution >= 0.6 is 11.3 Å². The van der Waals surface area contributed by atoms with Crippen molar-refractivity contribution in [2.45, 2.75) is 60.3 Å². The van der Waals surface area contributed by atoms with Gasteiger partial charge in [-0.15, -0.1) is 11.3 Å². The molecule has 1 amide bonds. The molecule has 0 aliphatic carbocycles. The van der Waals surface area contributed by atoms with E-state index in [4.69, 9.17) is 0 Å². The number of nitrogens with zero attached hydrogens (tertiary/aromatic N) is 2. The van der Waals surface area contributed by atoms with E-state index in [-0.39, 0.29) is 17.4 Å². The second-order valence-corrected chi connectivity index (χ2v) is 7.18. The summed E-state index contributed by atoms with van der Waals surface area (Å²) >= 11 is 1.50. The number of carbonyl (C=O) groups is 1. The molecule has 2 heterocycles. The minimum atomic E-state index is -0.186. The highest BCUT2D eigenvalue weighted by Gasteiger charge is 2.21. The summed E-state index contributed by atoms with van der Waals surface area (Å²) in [7, 11) is 0. The molecule has 0 aliphatic heterocycles. The molecule has 0 bridgehead atoms. The van der Waals surface area contributed by atoms with Gasteiger partial charge in [0.25, 0.3) is 5.56 Å². The topological polar surface area (TPSA) is 63.5 Å². The Morgan fingerprint density at radius 2 is 1.83 bits per heavy atom. The van der Waals surface area contributed by atoms with Gasteiger partial charge in [-0.3, -0.25) is 14.0 Å². The average Bonchev–Trinajstić information content (AvgIpc) is 2.77. The number of anilines is 1. The molecule has 23 heavy (non-hydrogen) atoms. The van der Waals surface area contributed by atoms with E-state index in [1.54, 1.807) is 11.3 Å². The molecule has 0 spiro atoms. The highest BCUT2D eigenvalue weighted by molar-refractivity contribution is 7.17. The maximum Gasteiger partial charge on any atom is 0.282 e. The molecule has 0 fully saturated rings. The number of hydrogen-bond acceptors (Lipinski definition) is 4. The van der Waals surface area contributed by atoms with Gasteiger partial charge in [0.05, 0.1) is 5.69 Å². The maximum absolute atomic E-state index is 12.8.